The molecule has 0 saturated heterocycles. The molecule has 0 bridgehead atoms. The van der Waals surface area contributed by atoms with Crippen LogP contribution in [0.2, 0.25) is 0 Å². The van der Waals surface area contributed by atoms with Crippen LogP contribution in [0.5, 0.6) is 5.75 Å². The number of hydrogen-bond donors (Lipinski definition) is 0. The lowest BCUT2D eigenvalue weighted by molar-refractivity contribution is 0.00200. The molecular formula is C27H34N4O3S2. The first kappa shape index (κ1) is 25.3. The average Bonchev–Trinajstić information content (AvgIpc) is 3.47. The molecule has 0 spiro atoms. The van der Waals surface area contributed by atoms with Crippen LogP contribution in [0.4, 0.5) is 0 Å². The van der Waals surface area contributed by atoms with Gasteiger partial charge in [0.1, 0.15) is 10.6 Å². The Kier molecular flexibility index (Phi) is 7.69. The van der Waals surface area contributed by atoms with Crippen LogP contribution in [0.3, 0.4) is 0 Å². The van der Waals surface area contributed by atoms with Gasteiger partial charge in [0.25, 0.3) is 5.56 Å². The number of thiophene rings is 1. The van der Waals surface area contributed by atoms with Crippen LogP contribution >= 0.6 is 23.1 Å². The van der Waals surface area contributed by atoms with E-state index in [2.05, 4.69) is 35.4 Å². The second-order valence-electron chi connectivity index (χ2n) is 9.70. The minimum Gasteiger partial charge on any atom is -0.497 e. The van der Waals surface area contributed by atoms with Crippen molar-refractivity contribution in [3.8, 4) is 11.4 Å². The first-order chi connectivity index (χ1) is 17.5. The molecule has 0 fully saturated rings. The number of hydrogen-bond acceptors (Lipinski definition) is 7. The average molecular weight is 527 g/mol. The summed E-state index contributed by atoms with van der Waals surface area (Å²) in [6.45, 7) is 7.13. The van der Waals surface area contributed by atoms with Gasteiger partial charge in [-0.05, 0) is 42.2 Å². The number of fused-ring (bicyclic) bond motifs is 5. The van der Waals surface area contributed by atoms with Crippen molar-refractivity contribution < 1.29 is 9.47 Å². The number of benzene rings is 1. The minimum atomic E-state index is -0.0481. The van der Waals surface area contributed by atoms with Gasteiger partial charge in [0.2, 0.25) is 5.78 Å². The monoisotopic (exact) mass is 526 g/mol. The molecule has 5 rings (SSSR count). The molecule has 0 aliphatic carbocycles. The molecule has 0 N–H and O–H groups in total. The highest BCUT2D eigenvalue weighted by atomic mass is 32.2. The normalized spacial score (nSPS) is 15.8. The molecule has 0 saturated carbocycles. The maximum absolute atomic E-state index is 14.1. The van der Waals surface area contributed by atoms with Crippen molar-refractivity contribution in [3.63, 3.8) is 0 Å². The highest BCUT2D eigenvalue weighted by Gasteiger charge is 2.30. The number of nitrogens with zero attached hydrogens (tertiary/aromatic N) is 4. The second-order valence-corrected chi connectivity index (χ2v) is 11.8. The molecule has 1 aromatic carbocycles. The number of thioether (sulfide) groups is 1. The van der Waals surface area contributed by atoms with Gasteiger partial charge in [-0.2, -0.15) is 0 Å². The van der Waals surface area contributed by atoms with Crippen molar-refractivity contribution in [1.29, 1.82) is 0 Å². The number of methoxy groups -OCH3 is 1. The zero-order valence-corrected chi connectivity index (χ0v) is 23.1. The zero-order chi connectivity index (χ0) is 25.2. The minimum absolute atomic E-state index is 0.0481. The van der Waals surface area contributed by atoms with Crippen LogP contribution in [0, 0.1) is 5.92 Å². The van der Waals surface area contributed by atoms with Crippen LogP contribution in [-0.2, 0) is 17.8 Å². The Morgan fingerprint density at radius 2 is 1.94 bits per heavy atom. The SMILES string of the molecule is CCCCCCCSc1nnc2n(-c3ccc(OC)cc3)c(=O)c3c4c(sc3n12)COC(C(C)C)C4. The summed E-state index contributed by atoms with van der Waals surface area (Å²) >= 11 is 3.37. The topological polar surface area (TPSA) is 70.7 Å². The maximum Gasteiger partial charge on any atom is 0.268 e. The summed E-state index contributed by atoms with van der Waals surface area (Å²) in [6, 6.07) is 7.55. The molecule has 36 heavy (non-hydrogen) atoms. The van der Waals surface area contributed by atoms with E-state index in [0.29, 0.717) is 18.3 Å². The summed E-state index contributed by atoms with van der Waals surface area (Å²) in [5.74, 6) is 2.66. The Hall–Kier alpha value is -2.36. The van der Waals surface area contributed by atoms with E-state index in [0.717, 1.165) is 55.8 Å². The number of ether oxygens (including phenoxy) is 2. The molecule has 4 heterocycles. The summed E-state index contributed by atoms with van der Waals surface area (Å²) in [6.07, 6.45) is 7.03. The molecule has 1 atom stereocenters. The standard InChI is InChI=1S/C27H34N4O3S2/c1-5-6-7-8-9-14-35-27-29-28-26-30(18-10-12-19(33-4)13-11-18)24(32)23-20-15-21(17(2)3)34-16-22(20)36-25(23)31(26)27/h10-13,17,21H,5-9,14-16H2,1-4H3. The Balaban J connectivity index is 1.64. The van der Waals surface area contributed by atoms with Gasteiger partial charge in [0.05, 0.1) is 30.9 Å². The van der Waals surface area contributed by atoms with Crippen LogP contribution in [0.25, 0.3) is 21.7 Å². The van der Waals surface area contributed by atoms with Gasteiger partial charge in [0.15, 0.2) is 5.16 Å². The van der Waals surface area contributed by atoms with Crippen molar-refractivity contribution in [3.05, 3.63) is 45.1 Å². The van der Waals surface area contributed by atoms with Crippen molar-refractivity contribution >= 4 is 39.1 Å². The van der Waals surface area contributed by atoms with Crippen molar-refractivity contribution in [2.75, 3.05) is 12.9 Å². The smallest absolute Gasteiger partial charge is 0.268 e. The van der Waals surface area contributed by atoms with Crippen molar-refractivity contribution in [2.24, 2.45) is 5.92 Å². The number of aromatic nitrogens is 4. The summed E-state index contributed by atoms with van der Waals surface area (Å²) in [7, 11) is 1.64. The number of rotatable bonds is 10. The Bertz CT molecular complexity index is 1400. The fourth-order valence-electron chi connectivity index (χ4n) is 4.79. The number of unbranched alkanes of at least 4 members (excludes halogenated alkanes) is 4. The van der Waals surface area contributed by atoms with Crippen molar-refractivity contribution in [2.45, 2.75) is 77.2 Å². The van der Waals surface area contributed by atoms with Crippen LogP contribution < -0.4 is 10.3 Å². The van der Waals surface area contributed by atoms with Crippen LogP contribution in [0.15, 0.2) is 34.2 Å². The molecule has 1 aliphatic heterocycles. The van der Waals surface area contributed by atoms with Gasteiger partial charge >= 0.3 is 0 Å². The summed E-state index contributed by atoms with van der Waals surface area (Å²) in [5, 5.41) is 10.7. The van der Waals surface area contributed by atoms with Crippen LogP contribution in [-0.4, -0.2) is 38.1 Å². The van der Waals surface area contributed by atoms with Gasteiger partial charge in [-0.3, -0.25) is 4.79 Å². The van der Waals surface area contributed by atoms with Gasteiger partial charge in [-0.1, -0.05) is 58.2 Å². The fourth-order valence-corrected chi connectivity index (χ4v) is 7.02. The molecule has 0 amide bonds. The van der Waals surface area contributed by atoms with E-state index in [4.69, 9.17) is 9.47 Å². The molecule has 3 aromatic heterocycles. The predicted octanol–water partition coefficient (Wildman–Crippen LogP) is 6.26. The van der Waals surface area contributed by atoms with E-state index < -0.39 is 0 Å². The predicted molar refractivity (Wildman–Crippen MR) is 147 cm³/mol. The molecule has 1 unspecified atom stereocenters. The van der Waals surface area contributed by atoms with E-state index in [1.807, 2.05) is 24.3 Å². The third-order valence-electron chi connectivity index (χ3n) is 6.90. The zero-order valence-electron chi connectivity index (χ0n) is 21.5. The van der Waals surface area contributed by atoms with Gasteiger partial charge in [-0.15, -0.1) is 21.5 Å². The Morgan fingerprint density at radius 1 is 1.17 bits per heavy atom. The third kappa shape index (κ3) is 4.68. The van der Waals surface area contributed by atoms with Crippen molar-refractivity contribution in [1.82, 2.24) is 19.2 Å². The van der Waals surface area contributed by atoms with Crippen LogP contribution in [0.1, 0.15) is 63.3 Å². The van der Waals surface area contributed by atoms with E-state index in [9.17, 15) is 4.79 Å². The Labute approximate surface area is 219 Å². The first-order valence-corrected chi connectivity index (χ1v) is 14.7. The molecule has 4 aromatic rings. The lowest BCUT2D eigenvalue weighted by atomic mass is 9.96. The van der Waals surface area contributed by atoms with E-state index in [1.165, 1.54) is 25.7 Å². The second kappa shape index (κ2) is 10.9. The van der Waals surface area contributed by atoms with Gasteiger partial charge < -0.3 is 9.47 Å². The summed E-state index contributed by atoms with van der Waals surface area (Å²) in [5.41, 5.74) is 1.83. The molecule has 192 valence electrons. The summed E-state index contributed by atoms with van der Waals surface area (Å²) < 4.78 is 15.3. The molecule has 0 radical (unpaired) electrons. The highest BCUT2D eigenvalue weighted by Crippen LogP contribution is 2.37. The fraction of sp³-hybridized carbons (Fsp3) is 0.519. The third-order valence-corrected chi connectivity index (χ3v) is 9.10. The van der Waals surface area contributed by atoms with E-state index in [-0.39, 0.29) is 11.7 Å². The molecule has 9 heteroatoms. The first-order valence-electron chi connectivity index (χ1n) is 12.9. The highest BCUT2D eigenvalue weighted by molar-refractivity contribution is 7.99. The lowest BCUT2D eigenvalue weighted by Gasteiger charge is -2.26. The summed E-state index contributed by atoms with van der Waals surface area (Å²) in [4.78, 5) is 16.1. The largest absolute Gasteiger partial charge is 0.497 e. The quantitative estimate of drug-likeness (QED) is 0.179. The molecule has 7 nitrogen and oxygen atoms in total. The maximum atomic E-state index is 14.1. The lowest BCUT2D eigenvalue weighted by Crippen LogP contribution is -2.28. The molecule has 1 aliphatic rings. The van der Waals surface area contributed by atoms with E-state index >= 15 is 0 Å². The van der Waals surface area contributed by atoms with E-state index in [1.54, 1.807) is 34.8 Å². The van der Waals surface area contributed by atoms with Gasteiger partial charge in [0, 0.05) is 17.1 Å². The molecular weight excluding hydrogens is 492 g/mol. The van der Waals surface area contributed by atoms with Gasteiger partial charge in [-0.25, -0.2) is 8.97 Å². The Morgan fingerprint density at radius 3 is 2.67 bits per heavy atom.